The van der Waals surface area contributed by atoms with Gasteiger partial charge in [0.15, 0.2) is 0 Å². The summed E-state index contributed by atoms with van der Waals surface area (Å²) >= 11 is 0. The topological polar surface area (TPSA) is 148 Å². The van der Waals surface area contributed by atoms with Crippen LogP contribution in [0, 0.1) is 11.3 Å². The van der Waals surface area contributed by atoms with Crippen molar-refractivity contribution in [1.82, 2.24) is 20.2 Å². The van der Waals surface area contributed by atoms with Gasteiger partial charge in [0.2, 0.25) is 0 Å². The highest BCUT2D eigenvalue weighted by Crippen LogP contribution is 2.33. The Labute approximate surface area is 178 Å². The van der Waals surface area contributed by atoms with Crippen LogP contribution in [0.2, 0.25) is 0 Å². The van der Waals surface area contributed by atoms with Crippen LogP contribution >= 0.6 is 0 Å². The highest BCUT2D eigenvalue weighted by atomic mass is 19.3. The molecular weight excluding hydrogens is 426 g/mol. The van der Waals surface area contributed by atoms with Crippen LogP contribution in [0.1, 0.15) is 11.1 Å². The van der Waals surface area contributed by atoms with Gasteiger partial charge < -0.3 is 14.6 Å². The van der Waals surface area contributed by atoms with E-state index >= 15 is 0 Å². The summed E-state index contributed by atoms with van der Waals surface area (Å²) in [5.41, 5.74) is -1.24. The first kappa shape index (κ1) is 21.1. The summed E-state index contributed by atoms with van der Waals surface area (Å²) in [4.78, 5) is 40.9. The lowest BCUT2D eigenvalue weighted by molar-refractivity contribution is -0.110. The van der Waals surface area contributed by atoms with Crippen LogP contribution < -0.4 is 21.7 Å². The molecule has 1 aliphatic heterocycles. The second-order valence-corrected chi connectivity index (χ2v) is 7.20. The number of hydrogen-bond acceptors (Lipinski definition) is 7. The number of H-pyrrole nitrogens is 3. The number of nitrogens with one attached hydrogen (secondary N) is 3. The quantitative estimate of drug-likeness (QED) is 0.527. The molecule has 3 N–H and O–H groups in total. The van der Waals surface area contributed by atoms with Gasteiger partial charge in [-0.2, -0.15) is 10.4 Å². The fourth-order valence-corrected chi connectivity index (χ4v) is 3.35. The summed E-state index contributed by atoms with van der Waals surface area (Å²) in [6, 6.07) is 9.54. The van der Waals surface area contributed by atoms with Crippen molar-refractivity contribution < 1.29 is 13.5 Å². The van der Waals surface area contributed by atoms with E-state index < -0.39 is 35.4 Å². The summed E-state index contributed by atoms with van der Waals surface area (Å²) in [7, 11) is 0. The van der Waals surface area contributed by atoms with Crippen LogP contribution in [0.5, 0.6) is 0 Å². The number of anilines is 1. The SMILES string of the molecule is N#Cc1ccc(CO[C@H]2CN(c3cc(-c4c[nH]c(=O)[nH]c4=O)n[nH]c3=O)CC2(F)F)cc1. The predicted molar refractivity (Wildman–Crippen MR) is 108 cm³/mol. The molecule has 0 aliphatic carbocycles. The van der Waals surface area contributed by atoms with E-state index in [1.165, 1.54) is 6.07 Å². The zero-order chi connectivity index (χ0) is 22.9. The van der Waals surface area contributed by atoms with Crippen molar-refractivity contribution in [2.75, 3.05) is 18.0 Å². The molecule has 1 saturated heterocycles. The fourth-order valence-electron chi connectivity index (χ4n) is 3.35. The van der Waals surface area contributed by atoms with Crippen LogP contribution in [0.15, 0.2) is 50.9 Å². The number of nitriles is 1. The molecule has 32 heavy (non-hydrogen) atoms. The molecule has 0 saturated carbocycles. The maximum atomic E-state index is 14.6. The minimum atomic E-state index is -3.24. The second kappa shape index (κ2) is 8.20. The Hall–Kier alpha value is -4.11. The van der Waals surface area contributed by atoms with Gasteiger partial charge in [-0.15, -0.1) is 0 Å². The van der Waals surface area contributed by atoms with Crippen molar-refractivity contribution in [2.45, 2.75) is 18.6 Å². The first-order valence-corrected chi connectivity index (χ1v) is 9.42. The number of nitrogens with zero attached hydrogens (tertiary/aromatic N) is 3. The molecule has 1 aliphatic rings. The predicted octanol–water partition coefficient (Wildman–Crippen LogP) is 0.726. The Kier molecular flexibility index (Phi) is 5.41. The van der Waals surface area contributed by atoms with Crippen LogP contribution in [-0.2, 0) is 11.3 Å². The average Bonchev–Trinajstić information content (AvgIpc) is 3.07. The molecule has 4 rings (SSSR count). The number of ether oxygens (including phenoxy) is 1. The standard InChI is InChI=1S/C20H16F2N6O4/c21-20(22)10-28(8-16(20)32-9-12-3-1-11(6-23)2-4-12)15-5-14(26-27-18(15)30)13-7-24-19(31)25-17(13)29/h1-5,7,16H,8-10H2,(H,27,30)(H2,24,25,29,31)/t16-/m0/s1. The third kappa shape index (κ3) is 4.19. The van der Waals surface area contributed by atoms with Gasteiger partial charge in [-0.3, -0.25) is 14.6 Å². The highest BCUT2D eigenvalue weighted by molar-refractivity contribution is 5.62. The zero-order valence-corrected chi connectivity index (χ0v) is 16.4. The normalized spacial score (nSPS) is 17.3. The van der Waals surface area contributed by atoms with E-state index in [4.69, 9.17) is 10.00 Å². The van der Waals surface area contributed by atoms with E-state index in [1.807, 2.05) is 11.1 Å². The number of aromatic amines is 3. The Balaban J connectivity index is 1.55. The van der Waals surface area contributed by atoms with E-state index in [9.17, 15) is 23.2 Å². The Morgan fingerprint density at radius 1 is 1.22 bits per heavy atom. The molecule has 10 nitrogen and oxygen atoms in total. The fraction of sp³-hybridized carbons (Fsp3) is 0.250. The van der Waals surface area contributed by atoms with E-state index in [0.717, 1.165) is 11.1 Å². The molecule has 1 fully saturated rings. The molecule has 2 aromatic heterocycles. The van der Waals surface area contributed by atoms with Crippen molar-refractivity contribution in [2.24, 2.45) is 0 Å². The van der Waals surface area contributed by atoms with Crippen LogP contribution in [0.3, 0.4) is 0 Å². The van der Waals surface area contributed by atoms with Gasteiger partial charge in [0, 0.05) is 6.20 Å². The van der Waals surface area contributed by atoms with Gasteiger partial charge in [0.1, 0.15) is 11.8 Å². The molecule has 0 amide bonds. The maximum absolute atomic E-state index is 14.6. The monoisotopic (exact) mass is 442 g/mol. The van der Waals surface area contributed by atoms with Gasteiger partial charge in [-0.1, -0.05) is 12.1 Å². The smallest absolute Gasteiger partial charge is 0.325 e. The van der Waals surface area contributed by atoms with Gasteiger partial charge in [-0.05, 0) is 23.8 Å². The lowest BCUT2D eigenvalue weighted by atomic mass is 10.1. The van der Waals surface area contributed by atoms with Crippen molar-refractivity contribution in [3.8, 4) is 17.3 Å². The Morgan fingerprint density at radius 2 is 1.97 bits per heavy atom. The van der Waals surface area contributed by atoms with Crippen molar-refractivity contribution in [3.63, 3.8) is 0 Å². The van der Waals surface area contributed by atoms with Gasteiger partial charge >= 0.3 is 5.69 Å². The molecule has 164 valence electrons. The molecule has 1 aromatic carbocycles. The maximum Gasteiger partial charge on any atom is 0.325 e. The first-order valence-electron chi connectivity index (χ1n) is 9.42. The van der Waals surface area contributed by atoms with Crippen molar-refractivity contribution >= 4 is 5.69 Å². The molecule has 0 unspecified atom stereocenters. The van der Waals surface area contributed by atoms with Gasteiger partial charge in [0.25, 0.3) is 17.0 Å². The van der Waals surface area contributed by atoms with Crippen LogP contribution in [-0.4, -0.2) is 45.3 Å². The average molecular weight is 442 g/mol. The van der Waals surface area contributed by atoms with Gasteiger partial charge in [0.05, 0.1) is 42.6 Å². The number of benzene rings is 1. The number of rotatable bonds is 5. The molecule has 0 spiro atoms. The molecule has 12 heteroatoms. The third-order valence-electron chi connectivity index (χ3n) is 5.01. The lowest BCUT2D eigenvalue weighted by Crippen LogP contribution is -2.34. The highest BCUT2D eigenvalue weighted by Gasteiger charge is 2.49. The molecular formula is C20H16F2N6O4. The summed E-state index contributed by atoms with van der Waals surface area (Å²) in [6.45, 7) is -1.12. The van der Waals surface area contributed by atoms with Crippen molar-refractivity contribution in [1.29, 1.82) is 5.26 Å². The summed E-state index contributed by atoms with van der Waals surface area (Å²) in [6.07, 6.45) is -0.362. The Bertz CT molecular complexity index is 1360. The number of aromatic nitrogens is 4. The third-order valence-corrected chi connectivity index (χ3v) is 5.01. The summed E-state index contributed by atoms with van der Waals surface area (Å²) in [5.74, 6) is -3.24. The Morgan fingerprint density at radius 3 is 2.66 bits per heavy atom. The number of hydrogen-bond donors (Lipinski definition) is 3. The summed E-state index contributed by atoms with van der Waals surface area (Å²) in [5, 5.41) is 14.8. The molecule has 0 radical (unpaired) electrons. The van der Waals surface area contributed by atoms with Crippen molar-refractivity contribution in [3.05, 3.63) is 78.8 Å². The lowest BCUT2D eigenvalue weighted by Gasteiger charge is -2.17. The second-order valence-electron chi connectivity index (χ2n) is 7.20. The number of alkyl halides is 2. The first-order chi connectivity index (χ1) is 15.3. The minimum absolute atomic E-state index is 0.00219. The van der Waals surface area contributed by atoms with E-state index in [1.54, 1.807) is 24.3 Å². The van der Waals surface area contributed by atoms with Gasteiger partial charge in [-0.25, -0.2) is 18.7 Å². The molecule has 3 heterocycles. The summed E-state index contributed by atoms with van der Waals surface area (Å²) < 4.78 is 34.6. The minimum Gasteiger partial charge on any atom is -0.365 e. The number of halogens is 2. The van der Waals surface area contributed by atoms with E-state index in [2.05, 4.69) is 15.2 Å². The largest absolute Gasteiger partial charge is 0.365 e. The molecule has 3 aromatic rings. The zero-order valence-electron chi connectivity index (χ0n) is 16.4. The van der Waals surface area contributed by atoms with Crippen LogP contribution in [0.4, 0.5) is 14.5 Å². The molecule has 0 bridgehead atoms. The van der Waals surface area contributed by atoms with Crippen LogP contribution in [0.25, 0.3) is 11.3 Å². The van der Waals surface area contributed by atoms with E-state index in [0.29, 0.717) is 11.1 Å². The molecule has 1 atom stereocenters. The van der Waals surface area contributed by atoms with E-state index in [-0.39, 0.29) is 30.1 Å².